The summed E-state index contributed by atoms with van der Waals surface area (Å²) in [5.74, 6) is -4.29. The second kappa shape index (κ2) is 6.21. The fourth-order valence-electron chi connectivity index (χ4n) is 4.07. The Hall–Kier alpha value is -2.12. The standard InChI is InChI=1S/C20H21F2NO4/c1-10-11(2)27-20(3,26-10)14-8-17(16(22)9-15(14)21)23-18(24)12-6-4-5-7-13(12)19(23)25/h8-11H,4-7H2,1-3H3. The first-order valence-electron chi connectivity index (χ1n) is 9.19. The molecule has 0 saturated carbocycles. The highest BCUT2D eigenvalue weighted by Gasteiger charge is 2.46. The number of halogens is 2. The fraction of sp³-hybridized carbons (Fsp3) is 0.500. The van der Waals surface area contributed by atoms with Crippen LogP contribution in [-0.2, 0) is 24.8 Å². The Morgan fingerprint density at radius 3 is 2.00 bits per heavy atom. The summed E-state index contributed by atoms with van der Waals surface area (Å²) in [4.78, 5) is 26.3. The SMILES string of the molecule is CC1OC(C)(c2cc(N3C(=O)C4=C(CCCC4)C3=O)c(F)cc2F)OC1C. The highest BCUT2D eigenvalue weighted by molar-refractivity contribution is 6.33. The van der Waals surface area contributed by atoms with E-state index >= 15 is 0 Å². The molecule has 1 fully saturated rings. The lowest BCUT2D eigenvalue weighted by atomic mass is 9.93. The normalized spacial score (nSPS) is 31.1. The van der Waals surface area contributed by atoms with Gasteiger partial charge in [0.05, 0.1) is 17.9 Å². The van der Waals surface area contributed by atoms with Crippen LogP contribution in [0, 0.1) is 11.6 Å². The molecule has 5 nitrogen and oxygen atoms in total. The summed E-state index contributed by atoms with van der Waals surface area (Å²) in [7, 11) is 0. The molecule has 7 heteroatoms. The second-order valence-corrected chi connectivity index (χ2v) is 7.49. The number of amides is 2. The Balaban J connectivity index is 1.77. The zero-order chi connectivity index (χ0) is 19.5. The monoisotopic (exact) mass is 377 g/mol. The summed E-state index contributed by atoms with van der Waals surface area (Å²) in [6.45, 7) is 5.14. The molecule has 0 bridgehead atoms. The van der Waals surface area contributed by atoms with Crippen molar-refractivity contribution in [2.75, 3.05) is 4.90 Å². The third kappa shape index (κ3) is 2.72. The van der Waals surface area contributed by atoms with Crippen molar-refractivity contribution in [3.63, 3.8) is 0 Å². The second-order valence-electron chi connectivity index (χ2n) is 7.49. The number of anilines is 1. The Morgan fingerprint density at radius 2 is 1.48 bits per heavy atom. The molecule has 2 amide bonds. The van der Waals surface area contributed by atoms with Crippen LogP contribution < -0.4 is 4.90 Å². The minimum absolute atomic E-state index is 0.0411. The third-order valence-corrected chi connectivity index (χ3v) is 5.64. The number of hydrogen-bond acceptors (Lipinski definition) is 4. The minimum atomic E-state index is -1.43. The molecule has 1 aliphatic carbocycles. The molecule has 0 aromatic heterocycles. The number of benzene rings is 1. The van der Waals surface area contributed by atoms with Crippen molar-refractivity contribution >= 4 is 17.5 Å². The number of hydrogen-bond donors (Lipinski definition) is 0. The first-order valence-corrected chi connectivity index (χ1v) is 9.19. The van der Waals surface area contributed by atoms with Gasteiger partial charge in [-0.25, -0.2) is 13.7 Å². The third-order valence-electron chi connectivity index (χ3n) is 5.64. The smallest absolute Gasteiger partial charge is 0.261 e. The van der Waals surface area contributed by atoms with Gasteiger partial charge < -0.3 is 9.47 Å². The van der Waals surface area contributed by atoms with Crippen molar-refractivity contribution in [1.29, 1.82) is 0 Å². The van der Waals surface area contributed by atoms with Gasteiger partial charge in [0.1, 0.15) is 11.6 Å². The van der Waals surface area contributed by atoms with Crippen LogP contribution in [0.1, 0.15) is 52.0 Å². The van der Waals surface area contributed by atoms with Crippen LogP contribution in [0.2, 0.25) is 0 Å². The topological polar surface area (TPSA) is 55.8 Å². The molecule has 1 saturated heterocycles. The molecule has 2 aliphatic heterocycles. The first-order chi connectivity index (χ1) is 12.7. The Kier molecular flexibility index (Phi) is 4.20. The van der Waals surface area contributed by atoms with Gasteiger partial charge in [0.25, 0.3) is 11.8 Å². The molecule has 2 heterocycles. The average Bonchev–Trinajstić information content (AvgIpc) is 3.02. The predicted octanol–water partition coefficient (Wildman–Crippen LogP) is 3.71. The lowest BCUT2D eigenvalue weighted by Crippen LogP contribution is -2.33. The summed E-state index contributed by atoms with van der Waals surface area (Å²) < 4.78 is 40.6. The van der Waals surface area contributed by atoms with Gasteiger partial charge in [-0.05, 0) is 52.5 Å². The van der Waals surface area contributed by atoms with Crippen LogP contribution in [-0.4, -0.2) is 24.0 Å². The van der Waals surface area contributed by atoms with E-state index in [0.29, 0.717) is 30.1 Å². The van der Waals surface area contributed by atoms with Crippen LogP contribution in [0.25, 0.3) is 0 Å². The van der Waals surface area contributed by atoms with Gasteiger partial charge in [-0.2, -0.15) is 0 Å². The van der Waals surface area contributed by atoms with E-state index in [1.165, 1.54) is 0 Å². The molecule has 0 radical (unpaired) electrons. The lowest BCUT2D eigenvalue weighted by molar-refractivity contribution is -0.168. The number of ether oxygens (including phenoxy) is 2. The molecule has 0 spiro atoms. The first kappa shape index (κ1) is 18.3. The van der Waals surface area contributed by atoms with Gasteiger partial charge in [-0.15, -0.1) is 0 Å². The van der Waals surface area contributed by atoms with E-state index in [9.17, 15) is 18.4 Å². The molecular weight excluding hydrogens is 356 g/mol. The number of rotatable bonds is 2. The molecular formula is C20H21F2NO4. The van der Waals surface area contributed by atoms with Crippen molar-refractivity contribution in [1.82, 2.24) is 0 Å². The molecule has 1 aromatic rings. The Labute approximate surface area is 155 Å². The molecule has 1 aromatic carbocycles. The largest absolute Gasteiger partial charge is 0.340 e. The number of carbonyl (C=O) groups excluding carboxylic acids is 2. The Bertz CT molecular complexity index is 841. The Morgan fingerprint density at radius 1 is 0.963 bits per heavy atom. The summed E-state index contributed by atoms with van der Waals surface area (Å²) >= 11 is 0. The quantitative estimate of drug-likeness (QED) is 0.738. The summed E-state index contributed by atoms with van der Waals surface area (Å²) in [6.07, 6.45) is 2.08. The van der Waals surface area contributed by atoms with E-state index in [2.05, 4.69) is 0 Å². The van der Waals surface area contributed by atoms with E-state index < -0.39 is 29.2 Å². The zero-order valence-electron chi connectivity index (χ0n) is 15.5. The minimum Gasteiger partial charge on any atom is -0.340 e. The van der Waals surface area contributed by atoms with E-state index in [0.717, 1.165) is 23.8 Å². The molecule has 2 atom stereocenters. The zero-order valence-corrected chi connectivity index (χ0v) is 15.5. The van der Waals surface area contributed by atoms with Crippen LogP contribution in [0.3, 0.4) is 0 Å². The highest BCUT2D eigenvalue weighted by Crippen LogP contribution is 2.42. The van der Waals surface area contributed by atoms with E-state index in [1.807, 2.05) is 0 Å². The number of carbonyl (C=O) groups is 2. The summed E-state index contributed by atoms with van der Waals surface area (Å²) in [5, 5.41) is 0. The van der Waals surface area contributed by atoms with Gasteiger partial charge >= 0.3 is 0 Å². The fourth-order valence-corrected chi connectivity index (χ4v) is 4.07. The average molecular weight is 377 g/mol. The van der Waals surface area contributed by atoms with Gasteiger partial charge in [-0.3, -0.25) is 9.59 Å². The van der Waals surface area contributed by atoms with Gasteiger partial charge in [0.2, 0.25) is 0 Å². The maximum absolute atomic E-state index is 14.6. The van der Waals surface area contributed by atoms with Crippen LogP contribution >= 0.6 is 0 Å². The van der Waals surface area contributed by atoms with E-state index in [4.69, 9.17) is 9.47 Å². The predicted molar refractivity (Wildman–Crippen MR) is 92.8 cm³/mol. The lowest BCUT2D eigenvalue weighted by Gasteiger charge is -2.26. The number of imide groups is 1. The maximum Gasteiger partial charge on any atom is 0.261 e. The van der Waals surface area contributed by atoms with Gasteiger partial charge in [-0.1, -0.05) is 0 Å². The van der Waals surface area contributed by atoms with Crippen molar-refractivity contribution in [2.45, 2.75) is 64.4 Å². The molecule has 3 aliphatic rings. The molecule has 2 unspecified atom stereocenters. The number of nitrogens with zero attached hydrogens (tertiary/aromatic N) is 1. The maximum atomic E-state index is 14.6. The van der Waals surface area contributed by atoms with Crippen LogP contribution in [0.4, 0.5) is 14.5 Å². The molecule has 4 rings (SSSR count). The van der Waals surface area contributed by atoms with Crippen molar-refractivity contribution < 1.29 is 27.8 Å². The summed E-state index contributed by atoms with van der Waals surface area (Å²) in [6, 6.07) is 1.83. The molecule has 27 heavy (non-hydrogen) atoms. The van der Waals surface area contributed by atoms with Crippen LogP contribution in [0.5, 0.6) is 0 Å². The van der Waals surface area contributed by atoms with E-state index in [1.54, 1.807) is 20.8 Å². The van der Waals surface area contributed by atoms with Gasteiger partial charge in [0, 0.05) is 22.8 Å². The van der Waals surface area contributed by atoms with E-state index in [-0.39, 0.29) is 23.5 Å². The molecule has 0 N–H and O–H groups in total. The van der Waals surface area contributed by atoms with Crippen LogP contribution in [0.15, 0.2) is 23.3 Å². The van der Waals surface area contributed by atoms with Crippen molar-refractivity contribution in [3.8, 4) is 0 Å². The molecule has 144 valence electrons. The van der Waals surface area contributed by atoms with Gasteiger partial charge in [0.15, 0.2) is 5.79 Å². The summed E-state index contributed by atoms with van der Waals surface area (Å²) in [5.41, 5.74) is 0.577. The van der Waals surface area contributed by atoms with Crippen molar-refractivity contribution in [3.05, 3.63) is 40.5 Å². The van der Waals surface area contributed by atoms with Crippen molar-refractivity contribution in [2.24, 2.45) is 0 Å². The highest BCUT2D eigenvalue weighted by atomic mass is 19.1.